The van der Waals surface area contributed by atoms with Crippen LogP contribution in [0.15, 0.2) is 23.5 Å². The highest BCUT2D eigenvalue weighted by atomic mass is 16.8. The Labute approximate surface area is 155 Å². The van der Waals surface area contributed by atoms with E-state index in [1.54, 1.807) is 6.08 Å². The van der Waals surface area contributed by atoms with Gasteiger partial charge in [0.1, 0.15) is 24.4 Å². The van der Waals surface area contributed by atoms with Crippen molar-refractivity contribution in [3.05, 3.63) is 23.5 Å². The van der Waals surface area contributed by atoms with Crippen LogP contribution < -0.4 is 0 Å². The minimum atomic E-state index is -1.59. The fraction of sp³-hybridized carbons (Fsp3) is 0.706. The molecule has 0 unspecified atom stereocenters. The first-order chi connectivity index (χ1) is 12.9. The average molecular weight is 388 g/mol. The number of aliphatic hydroxyl groups is 5. The van der Waals surface area contributed by atoms with Gasteiger partial charge in [0.25, 0.3) is 0 Å². The van der Waals surface area contributed by atoms with Crippen molar-refractivity contribution >= 4 is 5.97 Å². The van der Waals surface area contributed by atoms with Crippen LogP contribution in [0.2, 0.25) is 0 Å². The molecule has 0 aromatic heterocycles. The Hall–Kier alpha value is -1.53. The summed E-state index contributed by atoms with van der Waals surface area (Å²) in [6.07, 6.45) is -4.73. The number of rotatable bonds is 5. The van der Waals surface area contributed by atoms with Gasteiger partial charge in [-0.3, -0.25) is 0 Å². The molecule has 2 aliphatic heterocycles. The van der Waals surface area contributed by atoms with Crippen LogP contribution in [0.5, 0.6) is 0 Å². The number of aliphatic hydroxyl groups excluding tert-OH is 5. The third-order valence-electron chi connectivity index (χ3n) is 5.24. The monoisotopic (exact) mass is 388 g/mol. The minimum absolute atomic E-state index is 0.270. The maximum absolute atomic E-state index is 12.0. The molecule has 5 N–H and O–H groups in total. The highest BCUT2D eigenvalue weighted by Crippen LogP contribution is 2.44. The third-order valence-corrected chi connectivity index (χ3v) is 5.24. The van der Waals surface area contributed by atoms with Gasteiger partial charge >= 0.3 is 5.97 Å². The first-order valence-corrected chi connectivity index (χ1v) is 8.62. The van der Waals surface area contributed by atoms with Crippen LogP contribution >= 0.6 is 0 Å². The summed E-state index contributed by atoms with van der Waals surface area (Å²) in [5.74, 6) is -1.42. The number of methoxy groups -OCH3 is 1. The maximum atomic E-state index is 12.0. The summed E-state index contributed by atoms with van der Waals surface area (Å²) in [6.45, 7) is -0.857. The van der Waals surface area contributed by atoms with Crippen molar-refractivity contribution in [2.75, 3.05) is 20.3 Å². The molecule has 0 spiro atoms. The van der Waals surface area contributed by atoms with E-state index in [-0.39, 0.29) is 12.5 Å². The summed E-state index contributed by atoms with van der Waals surface area (Å²) < 4.78 is 21.3. The lowest BCUT2D eigenvalue weighted by Crippen LogP contribution is -2.60. The molecule has 1 saturated heterocycles. The highest BCUT2D eigenvalue weighted by molar-refractivity contribution is 5.89. The molecule has 152 valence electrons. The molecule has 8 atom stereocenters. The number of hydrogen-bond acceptors (Lipinski definition) is 10. The Balaban J connectivity index is 1.80. The topological polar surface area (TPSA) is 155 Å². The van der Waals surface area contributed by atoms with Crippen LogP contribution in [0.3, 0.4) is 0 Å². The van der Waals surface area contributed by atoms with Gasteiger partial charge in [0, 0.05) is 5.92 Å². The Kier molecular flexibility index (Phi) is 6.16. The lowest BCUT2D eigenvalue weighted by atomic mass is 9.83. The van der Waals surface area contributed by atoms with Crippen molar-refractivity contribution in [2.45, 2.75) is 43.4 Å². The summed E-state index contributed by atoms with van der Waals surface area (Å²) in [4.78, 5) is 12.0. The molecule has 1 fully saturated rings. The zero-order chi connectivity index (χ0) is 19.7. The number of fused-ring (bicyclic) bond motifs is 1. The number of ether oxygens (including phenoxy) is 4. The van der Waals surface area contributed by atoms with Crippen molar-refractivity contribution in [1.82, 2.24) is 0 Å². The van der Waals surface area contributed by atoms with Gasteiger partial charge < -0.3 is 44.5 Å². The molecule has 1 aliphatic carbocycles. The van der Waals surface area contributed by atoms with Gasteiger partial charge in [-0.05, 0) is 12.0 Å². The SMILES string of the molecule is COC(=O)C1=CO[C@H](O[C@@H]2O[C@@H](CO)[C@@H](O)[C@@H](O)[C@@H]2O)[C@H]2C(CO)=CC[C@H]12. The van der Waals surface area contributed by atoms with Crippen LogP contribution in [-0.2, 0) is 23.7 Å². The van der Waals surface area contributed by atoms with Gasteiger partial charge in [-0.15, -0.1) is 0 Å². The molecular weight excluding hydrogens is 364 g/mol. The van der Waals surface area contributed by atoms with E-state index in [0.29, 0.717) is 17.6 Å². The molecule has 0 amide bonds. The number of esters is 1. The van der Waals surface area contributed by atoms with Gasteiger partial charge in [0.15, 0.2) is 6.29 Å². The van der Waals surface area contributed by atoms with E-state index in [0.717, 1.165) is 0 Å². The van der Waals surface area contributed by atoms with E-state index in [4.69, 9.17) is 18.9 Å². The molecule has 2 heterocycles. The minimum Gasteiger partial charge on any atom is -0.471 e. The lowest BCUT2D eigenvalue weighted by Gasteiger charge is -2.42. The third kappa shape index (κ3) is 3.61. The summed E-state index contributed by atoms with van der Waals surface area (Å²) in [5.41, 5.74) is 0.903. The normalized spacial score (nSPS) is 41.3. The number of carbonyl (C=O) groups excluding carboxylic acids is 1. The second-order valence-electron chi connectivity index (χ2n) is 6.71. The van der Waals surface area contributed by atoms with Gasteiger partial charge in [0.05, 0.1) is 38.1 Å². The second kappa shape index (κ2) is 8.23. The molecule has 3 rings (SSSR count). The number of hydrogen-bond donors (Lipinski definition) is 5. The van der Waals surface area contributed by atoms with Gasteiger partial charge in [0.2, 0.25) is 6.29 Å². The van der Waals surface area contributed by atoms with Crippen LogP contribution in [0.1, 0.15) is 6.42 Å². The van der Waals surface area contributed by atoms with E-state index in [9.17, 15) is 30.3 Å². The standard InChI is InChI=1S/C17H24O10/c1-24-15(23)9-6-25-16(11-7(4-18)2-3-8(9)11)27-17-14(22)13(21)12(20)10(5-19)26-17/h2,6,8,10-14,16-22H,3-5H2,1H3/t8-,10+,11+,12-,13-,14+,16-,17+/m1/s1. The van der Waals surface area contributed by atoms with Crippen molar-refractivity contribution in [2.24, 2.45) is 11.8 Å². The predicted molar refractivity (Wildman–Crippen MR) is 86.6 cm³/mol. The molecule has 27 heavy (non-hydrogen) atoms. The molecule has 10 heteroatoms. The lowest BCUT2D eigenvalue weighted by molar-refractivity contribution is -0.339. The first-order valence-electron chi connectivity index (χ1n) is 8.62. The molecule has 0 aromatic rings. The van der Waals surface area contributed by atoms with Crippen molar-refractivity contribution in [3.63, 3.8) is 0 Å². The first kappa shape index (κ1) is 20.2. The van der Waals surface area contributed by atoms with Crippen molar-refractivity contribution in [3.8, 4) is 0 Å². The van der Waals surface area contributed by atoms with Crippen LogP contribution in [0.4, 0.5) is 0 Å². The molecule has 0 saturated carbocycles. The molecule has 0 bridgehead atoms. The van der Waals surface area contributed by atoms with E-state index in [1.807, 2.05) is 0 Å². The van der Waals surface area contributed by atoms with E-state index in [1.165, 1.54) is 13.4 Å². The molecular formula is C17H24O10. The van der Waals surface area contributed by atoms with Crippen LogP contribution in [0.25, 0.3) is 0 Å². The largest absolute Gasteiger partial charge is 0.471 e. The summed E-state index contributed by atoms with van der Waals surface area (Å²) in [7, 11) is 1.25. The Morgan fingerprint density at radius 3 is 2.56 bits per heavy atom. The molecule has 3 aliphatic rings. The van der Waals surface area contributed by atoms with Crippen LogP contribution in [-0.4, -0.2) is 88.8 Å². The number of carbonyl (C=O) groups is 1. The fourth-order valence-electron chi connectivity index (χ4n) is 3.73. The Morgan fingerprint density at radius 1 is 1.19 bits per heavy atom. The predicted octanol–water partition coefficient (Wildman–Crippen LogP) is -2.23. The van der Waals surface area contributed by atoms with Gasteiger partial charge in [-0.2, -0.15) is 0 Å². The fourth-order valence-corrected chi connectivity index (χ4v) is 3.73. The molecule has 0 radical (unpaired) electrons. The van der Waals surface area contributed by atoms with Crippen molar-refractivity contribution in [1.29, 1.82) is 0 Å². The van der Waals surface area contributed by atoms with E-state index >= 15 is 0 Å². The zero-order valence-electron chi connectivity index (χ0n) is 14.7. The Bertz CT molecular complexity index is 615. The summed E-state index contributed by atoms with van der Waals surface area (Å²) in [5, 5.41) is 48.8. The van der Waals surface area contributed by atoms with E-state index in [2.05, 4.69) is 0 Å². The summed E-state index contributed by atoms with van der Waals surface area (Å²) >= 11 is 0. The summed E-state index contributed by atoms with van der Waals surface area (Å²) in [6, 6.07) is 0. The van der Waals surface area contributed by atoms with Crippen LogP contribution in [0, 0.1) is 11.8 Å². The second-order valence-corrected chi connectivity index (χ2v) is 6.71. The Morgan fingerprint density at radius 2 is 1.93 bits per heavy atom. The van der Waals surface area contributed by atoms with Crippen molar-refractivity contribution < 1.29 is 49.3 Å². The van der Waals surface area contributed by atoms with Gasteiger partial charge in [-0.1, -0.05) is 6.08 Å². The molecule has 0 aromatic carbocycles. The zero-order valence-corrected chi connectivity index (χ0v) is 14.7. The molecule has 10 nitrogen and oxygen atoms in total. The quantitative estimate of drug-likeness (QED) is 0.258. The van der Waals surface area contributed by atoms with E-state index < -0.39 is 55.5 Å². The number of allylic oxidation sites excluding steroid dienone is 1. The average Bonchev–Trinajstić information content (AvgIpc) is 3.12. The smallest absolute Gasteiger partial charge is 0.337 e. The highest BCUT2D eigenvalue weighted by Gasteiger charge is 2.49. The maximum Gasteiger partial charge on any atom is 0.337 e. The van der Waals surface area contributed by atoms with Gasteiger partial charge in [-0.25, -0.2) is 4.79 Å².